The van der Waals surface area contributed by atoms with Crippen LogP contribution in [0.25, 0.3) is 0 Å². The molecule has 0 unspecified atom stereocenters. The molecule has 20 heavy (non-hydrogen) atoms. The zero-order chi connectivity index (χ0) is 14.8. The first kappa shape index (κ1) is 14.9. The number of anilines is 1. The van der Waals surface area contributed by atoms with Crippen molar-refractivity contribution in [2.24, 2.45) is 0 Å². The highest BCUT2D eigenvalue weighted by Gasteiger charge is 2.15. The zero-order valence-corrected chi connectivity index (χ0v) is 13.4. The lowest BCUT2D eigenvalue weighted by Crippen LogP contribution is -2.07. The summed E-state index contributed by atoms with van der Waals surface area (Å²) in [5, 5.41) is 12.7. The molecule has 0 aliphatic heterocycles. The van der Waals surface area contributed by atoms with Crippen LogP contribution in [0.3, 0.4) is 0 Å². The molecule has 2 aromatic rings. The second-order valence-electron chi connectivity index (χ2n) is 5.68. The van der Waals surface area contributed by atoms with Crippen molar-refractivity contribution in [2.45, 2.75) is 32.7 Å². The molecule has 1 aromatic carbocycles. The molecule has 0 saturated carbocycles. The fraction of sp³-hybridized carbons (Fsp3) is 0.312. The second-order valence-corrected chi connectivity index (χ2v) is 7.25. The molecule has 0 radical (unpaired) electrons. The number of nitriles is 1. The SMILES string of the molecule is CC(C)(C)c1ccc(CNc2ccc(C#N)cc2Cl)s1. The number of nitrogens with one attached hydrogen (secondary N) is 1. The van der Waals surface area contributed by atoms with E-state index in [2.05, 4.69) is 44.3 Å². The van der Waals surface area contributed by atoms with Gasteiger partial charge in [-0.25, -0.2) is 0 Å². The molecule has 0 amide bonds. The van der Waals surface area contributed by atoms with Crippen LogP contribution in [0.15, 0.2) is 30.3 Å². The van der Waals surface area contributed by atoms with Crippen molar-refractivity contribution in [2.75, 3.05) is 5.32 Å². The van der Waals surface area contributed by atoms with E-state index in [-0.39, 0.29) is 5.41 Å². The fourth-order valence-electron chi connectivity index (χ4n) is 1.79. The molecular formula is C16H17ClN2S. The van der Waals surface area contributed by atoms with Gasteiger partial charge in [-0.1, -0.05) is 32.4 Å². The molecule has 0 aliphatic carbocycles. The lowest BCUT2D eigenvalue weighted by atomic mass is 9.95. The predicted octanol–water partition coefficient (Wildman–Crippen LogP) is 5.18. The van der Waals surface area contributed by atoms with E-state index < -0.39 is 0 Å². The third kappa shape index (κ3) is 3.53. The van der Waals surface area contributed by atoms with Crippen molar-refractivity contribution in [1.29, 1.82) is 5.26 Å². The van der Waals surface area contributed by atoms with E-state index in [4.69, 9.17) is 16.9 Å². The summed E-state index contributed by atoms with van der Waals surface area (Å²) in [6, 6.07) is 11.7. The topological polar surface area (TPSA) is 35.8 Å². The largest absolute Gasteiger partial charge is 0.379 e. The van der Waals surface area contributed by atoms with Gasteiger partial charge in [0, 0.05) is 16.3 Å². The van der Waals surface area contributed by atoms with Gasteiger partial charge in [0.1, 0.15) is 0 Å². The molecule has 0 saturated heterocycles. The highest BCUT2D eigenvalue weighted by atomic mass is 35.5. The van der Waals surface area contributed by atoms with Gasteiger partial charge in [0.15, 0.2) is 0 Å². The molecule has 104 valence electrons. The minimum atomic E-state index is 0.189. The first-order valence-electron chi connectivity index (χ1n) is 6.43. The Kier molecular flexibility index (Phi) is 4.37. The Balaban J connectivity index is 2.06. The van der Waals surface area contributed by atoms with Crippen LogP contribution in [0.5, 0.6) is 0 Å². The monoisotopic (exact) mass is 304 g/mol. The van der Waals surface area contributed by atoms with Crippen LogP contribution in [-0.2, 0) is 12.0 Å². The Morgan fingerprint density at radius 1 is 1.25 bits per heavy atom. The molecule has 2 rings (SSSR count). The smallest absolute Gasteiger partial charge is 0.0992 e. The van der Waals surface area contributed by atoms with E-state index in [1.165, 1.54) is 9.75 Å². The summed E-state index contributed by atoms with van der Waals surface area (Å²) >= 11 is 7.96. The second kappa shape index (κ2) is 5.87. The van der Waals surface area contributed by atoms with Crippen molar-refractivity contribution in [1.82, 2.24) is 0 Å². The Morgan fingerprint density at radius 3 is 2.55 bits per heavy atom. The first-order valence-corrected chi connectivity index (χ1v) is 7.62. The van der Waals surface area contributed by atoms with Crippen LogP contribution in [-0.4, -0.2) is 0 Å². The van der Waals surface area contributed by atoms with Crippen molar-refractivity contribution in [3.63, 3.8) is 0 Å². The summed E-state index contributed by atoms with van der Waals surface area (Å²) in [6.45, 7) is 7.39. The van der Waals surface area contributed by atoms with Crippen molar-refractivity contribution in [3.8, 4) is 6.07 Å². The Labute approximate surface area is 129 Å². The van der Waals surface area contributed by atoms with Gasteiger partial charge in [0.25, 0.3) is 0 Å². The average Bonchev–Trinajstić information content (AvgIpc) is 2.86. The van der Waals surface area contributed by atoms with Gasteiger partial charge in [-0.2, -0.15) is 5.26 Å². The van der Waals surface area contributed by atoms with Crippen molar-refractivity contribution in [3.05, 3.63) is 50.7 Å². The summed E-state index contributed by atoms with van der Waals surface area (Å²) in [4.78, 5) is 2.65. The maximum atomic E-state index is 8.81. The molecule has 4 heteroatoms. The molecule has 0 aliphatic rings. The number of hydrogen-bond acceptors (Lipinski definition) is 3. The lowest BCUT2D eigenvalue weighted by molar-refractivity contribution is 0.604. The quantitative estimate of drug-likeness (QED) is 0.847. The number of halogens is 1. The summed E-state index contributed by atoms with van der Waals surface area (Å²) in [7, 11) is 0. The maximum absolute atomic E-state index is 8.81. The molecule has 0 spiro atoms. The molecule has 1 heterocycles. The van der Waals surface area contributed by atoms with Gasteiger partial charge >= 0.3 is 0 Å². The van der Waals surface area contributed by atoms with Crippen LogP contribution >= 0.6 is 22.9 Å². The van der Waals surface area contributed by atoms with Gasteiger partial charge in [-0.3, -0.25) is 0 Å². The number of nitrogens with zero attached hydrogens (tertiary/aromatic N) is 1. The summed E-state index contributed by atoms with van der Waals surface area (Å²) < 4.78 is 0. The molecule has 0 atom stereocenters. The fourth-order valence-corrected chi connectivity index (χ4v) is 3.04. The van der Waals surface area contributed by atoms with Crippen LogP contribution in [0, 0.1) is 11.3 Å². The average molecular weight is 305 g/mol. The van der Waals surface area contributed by atoms with Gasteiger partial charge in [-0.05, 0) is 35.7 Å². The number of rotatable bonds is 3. The van der Waals surface area contributed by atoms with Gasteiger partial charge in [0.05, 0.1) is 22.3 Å². The standard InChI is InChI=1S/C16H17ClN2S/c1-16(2,3)15-7-5-12(20-15)10-19-14-6-4-11(9-18)8-13(14)17/h4-8,19H,10H2,1-3H3. The van der Waals surface area contributed by atoms with Crippen molar-refractivity contribution >= 4 is 28.6 Å². The van der Waals surface area contributed by atoms with E-state index >= 15 is 0 Å². The summed E-state index contributed by atoms with van der Waals surface area (Å²) in [5.74, 6) is 0. The Bertz CT molecular complexity index is 647. The zero-order valence-electron chi connectivity index (χ0n) is 11.8. The van der Waals surface area contributed by atoms with Crippen LogP contribution in [0.1, 0.15) is 36.1 Å². The number of thiophene rings is 1. The highest BCUT2D eigenvalue weighted by Crippen LogP contribution is 2.30. The molecule has 0 bridgehead atoms. The van der Waals surface area contributed by atoms with E-state index in [1.807, 2.05) is 17.4 Å². The van der Waals surface area contributed by atoms with E-state index in [0.29, 0.717) is 10.6 Å². The third-order valence-electron chi connectivity index (χ3n) is 2.95. The summed E-state index contributed by atoms with van der Waals surface area (Å²) in [5.41, 5.74) is 1.62. The normalized spacial score (nSPS) is 11.2. The molecule has 1 N–H and O–H groups in total. The Hall–Kier alpha value is -1.50. The predicted molar refractivity (Wildman–Crippen MR) is 86.5 cm³/mol. The van der Waals surface area contributed by atoms with Gasteiger partial charge in [0.2, 0.25) is 0 Å². The highest BCUT2D eigenvalue weighted by molar-refractivity contribution is 7.12. The summed E-state index contributed by atoms with van der Waals surface area (Å²) in [6.07, 6.45) is 0. The van der Waals surface area contributed by atoms with Crippen molar-refractivity contribution < 1.29 is 0 Å². The minimum Gasteiger partial charge on any atom is -0.379 e. The molecule has 2 nitrogen and oxygen atoms in total. The van der Waals surface area contributed by atoms with Crippen LogP contribution in [0.4, 0.5) is 5.69 Å². The first-order chi connectivity index (χ1) is 9.40. The number of hydrogen-bond donors (Lipinski definition) is 1. The van der Waals surface area contributed by atoms with E-state index in [0.717, 1.165) is 12.2 Å². The molecule has 0 fully saturated rings. The van der Waals surface area contributed by atoms with Crippen LogP contribution in [0.2, 0.25) is 5.02 Å². The van der Waals surface area contributed by atoms with Crippen LogP contribution < -0.4 is 5.32 Å². The van der Waals surface area contributed by atoms with Gasteiger partial charge in [-0.15, -0.1) is 11.3 Å². The third-order valence-corrected chi connectivity index (χ3v) is 4.78. The molecular weight excluding hydrogens is 288 g/mol. The molecule has 1 aromatic heterocycles. The van der Waals surface area contributed by atoms with Gasteiger partial charge < -0.3 is 5.32 Å². The minimum absolute atomic E-state index is 0.189. The Morgan fingerprint density at radius 2 is 2.00 bits per heavy atom. The lowest BCUT2D eigenvalue weighted by Gasteiger charge is -2.15. The van der Waals surface area contributed by atoms with E-state index in [1.54, 1.807) is 12.1 Å². The van der Waals surface area contributed by atoms with E-state index in [9.17, 15) is 0 Å². The number of benzene rings is 1. The maximum Gasteiger partial charge on any atom is 0.0992 e.